The number of aromatic nitrogens is 5. The van der Waals surface area contributed by atoms with Crippen molar-refractivity contribution < 1.29 is 4.79 Å². The molecule has 0 saturated carbocycles. The van der Waals surface area contributed by atoms with E-state index >= 15 is 0 Å². The molecule has 4 aromatic rings. The van der Waals surface area contributed by atoms with Crippen LogP contribution in [-0.2, 0) is 17.6 Å². The van der Waals surface area contributed by atoms with Crippen LogP contribution in [0.4, 0.5) is 11.6 Å². The van der Waals surface area contributed by atoms with Crippen molar-refractivity contribution in [3.05, 3.63) is 35.2 Å². The minimum atomic E-state index is 0.0464. The van der Waals surface area contributed by atoms with Crippen molar-refractivity contribution in [3.63, 3.8) is 0 Å². The zero-order valence-corrected chi connectivity index (χ0v) is 16.4. The number of nitrogens with zero attached hydrogens (tertiary/aromatic N) is 5. The molecule has 142 valence electrons. The molecular weight excluding hydrogens is 374 g/mol. The highest BCUT2D eigenvalue weighted by Crippen LogP contribution is 2.40. The fraction of sp³-hybridized carbons (Fsp3) is 0.316. The molecule has 9 heteroatoms. The van der Waals surface area contributed by atoms with Gasteiger partial charge in [0, 0.05) is 30.3 Å². The molecule has 5 rings (SSSR count). The van der Waals surface area contributed by atoms with Gasteiger partial charge >= 0.3 is 0 Å². The first-order chi connectivity index (χ1) is 13.6. The van der Waals surface area contributed by atoms with Crippen molar-refractivity contribution in [1.82, 2.24) is 30.0 Å². The molecule has 0 saturated heterocycles. The number of carbonyl (C=O) groups is 1. The Bertz CT molecular complexity index is 1200. The summed E-state index contributed by atoms with van der Waals surface area (Å²) < 4.78 is 0. The van der Waals surface area contributed by atoms with Crippen molar-refractivity contribution in [1.29, 1.82) is 0 Å². The van der Waals surface area contributed by atoms with Crippen molar-refractivity contribution in [2.75, 3.05) is 19.4 Å². The highest BCUT2D eigenvalue weighted by Gasteiger charge is 2.29. The van der Waals surface area contributed by atoms with Crippen LogP contribution in [0.1, 0.15) is 16.9 Å². The molecule has 2 N–H and O–H groups in total. The summed E-state index contributed by atoms with van der Waals surface area (Å²) >= 11 is 1.66. The van der Waals surface area contributed by atoms with Gasteiger partial charge in [0.2, 0.25) is 5.91 Å². The molecule has 8 nitrogen and oxygen atoms in total. The van der Waals surface area contributed by atoms with Gasteiger partial charge in [-0.25, -0.2) is 15.0 Å². The van der Waals surface area contributed by atoms with E-state index in [1.54, 1.807) is 35.0 Å². The van der Waals surface area contributed by atoms with Gasteiger partial charge in [-0.3, -0.25) is 9.89 Å². The minimum absolute atomic E-state index is 0.0464. The smallest absolute Gasteiger partial charge is 0.225 e. The average Bonchev–Trinajstić information content (AvgIpc) is 3.30. The normalized spacial score (nSPS) is 16.3. The molecule has 0 spiro atoms. The molecule has 0 bridgehead atoms. The molecule has 0 aromatic carbocycles. The Morgan fingerprint density at radius 3 is 3.04 bits per heavy atom. The van der Waals surface area contributed by atoms with Crippen molar-refractivity contribution in [2.24, 2.45) is 5.92 Å². The van der Waals surface area contributed by atoms with Crippen LogP contribution in [0.15, 0.2) is 24.8 Å². The first kappa shape index (κ1) is 17.1. The van der Waals surface area contributed by atoms with E-state index in [1.165, 1.54) is 10.4 Å². The standard InChI is InChI=1S/C19H19N7OS/c1-26(2)19(27)10-3-4-12-14(5-10)28-18-16(12)17(21-9-22-18)24-15-6-11-7-23-25-13(11)8-20-15/h6-10H,3-5H2,1-2H3,(H,23,25)(H,20,21,22,24)/t10-/m0/s1. The lowest BCUT2D eigenvalue weighted by Gasteiger charge is -2.24. The topological polar surface area (TPSA) is 99.7 Å². The second-order valence-electron chi connectivity index (χ2n) is 7.23. The highest BCUT2D eigenvalue weighted by molar-refractivity contribution is 7.19. The van der Waals surface area contributed by atoms with Gasteiger partial charge in [-0.05, 0) is 30.9 Å². The van der Waals surface area contributed by atoms with Gasteiger partial charge in [0.05, 0.1) is 23.3 Å². The molecule has 1 amide bonds. The Hall–Kier alpha value is -3.07. The molecule has 0 unspecified atom stereocenters. The first-order valence-electron chi connectivity index (χ1n) is 9.12. The maximum atomic E-state index is 12.4. The summed E-state index contributed by atoms with van der Waals surface area (Å²) in [4.78, 5) is 29.7. The second kappa shape index (κ2) is 6.52. The van der Waals surface area contributed by atoms with E-state index in [0.717, 1.165) is 46.2 Å². The molecule has 4 aromatic heterocycles. The number of H-pyrrole nitrogens is 1. The molecular formula is C19H19N7OS. The van der Waals surface area contributed by atoms with Crippen LogP contribution in [0.5, 0.6) is 0 Å². The number of aryl methyl sites for hydroxylation is 1. The lowest BCUT2D eigenvalue weighted by atomic mass is 9.87. The zero-order chi connectivity index (χ0) is 19.3. The number of pyridine rings is 1. The predicted molar refractivity (Wildman–Crippen MR) is 109 cm³/mol. The number of hydrogen-bond acceptors (Lipinski definition) is 7. The number of aromatic amines is 1. The van der Waals surface area contributed by atoms with E-state index in [0.29, 0.717) is 5.82 Å². The number of anilines is 2. The molecule has 4 heterocycles. The third-order valence-corrected chi connectivity index (χ3v) is 6.37. The summed E-state index contributed by atoms with van der Waals surface area (Å²) in [6.07, 6.45) is 7.58. The van der Waals surface area contributed by atoms with Gasteiger partial charge in [-0.15, -0.1) is 11.3 Å². The monoisotopic (exact) mass is 393 g/mol. The number of thiophene rings is 1. The molecule has 1 aliphatic carbocycles. The average molecular weight is 393 g/mol. The molecule has 28 heavy (non-hydrogen) atoms. The van der Waals surface area contributed by atoms with Crippen LogP contribution in [0, 0.1) is 5.92 Å². The summed E-state index contributed by atoms with van der Waals surface area (Å²) in [5.74, 6) is 1.72. The van der Waals surface area contributed by atoms with Crippen molar-refractivity contribution in [2.45, 2.75) is 19.3 Å². The number of carbonyl (C=O) groups excluding carboxylic acids is 1. The summed E-state index contributed by atoms with van der Waals surface area (Å²) in [7, 11) is 3.64. The lowest BCUT2D eigenvalue weighted by molar-refractivity contribution is -0.133. The van der Waals surface area contributed by atoms with Gasteiger partial charge in [0.25, 0.3) is 0 Å². The number of rotatable bonds is 3. The van der Waals surface area contributed by atoms with E-state index in [4.69, 9.17) is 0 Å². The Morgan fingerprint density at radius 2 is 2.18 bits per heavy atom. The Labute approximate surface area is 165 Å². The van der Waals surface area contributed by atoms with Crippen LogP contribution in [0.3, 0.4) is 0 Å². The maximum Gasteiger partial charge on any atom is 0.225 e. The molecule has 0 fully saturated rings. The summed E-state index contributed by atoms with van der Waals surface area (Å²) in [6.45, 7) is 0. The number of fused-ring (bicyclic) bond motifs is 4. The third kappa shape index (κ3) is 2.78. The summed E-state index contributed by atoms with van der Waals surface area (Å²) in [6, 6.07) is 1.94. The van der Waals surface area contributed by atoms with Crippen LogP contribution in [0.25, 0.3) is 21.1 Å². The second-order valence-corrected chi connectivity index (χ2v) is 8.31. The van der Waals surface area contributed by atoms with Crippen LogP contribution in [-0.4, -0.2) is 50.1 Å². The predicted octanol–water partition coefficient (Wildman–Crippen LogP) is 2.90. The fourth-order valence-corrected chi connectivity index (χ4v) is 5.08. The lowest BCUT2D eigenvalue weighted by Crippen LogP contribution is -2.32. The number of hydrogen-bond donors (Lipinski definition) is 2. The number of amides is 1. The Balaban J connectivity index is 1.52. The largest absolute Gasteiger partial charge is 0.349 e. The van der Waals surface area contributed by atoms with Gasteiger partial charge in [0.15, 0.2) is 0 Å². The van der Waals surface area contributed by atoms with Gasteiger partial charge in [-0.1, -0.05) is 0 Å². The first-order valence-corrected chi connectivity index (χ1v) is 9.94. The Morgan fingerprint density at radius 1 is 1.29 bits per heavy atom. The fourth-order valence-electron chi connectivity index (χ4n) is 3.81. The van der Waals surface area contributed by atoms with Crippen LogP contribution in [0.2, 0.25) is 0 Å². The van der Waals surface area contributed by atoms with Crippen molar-refractivity contribution >= 4 is 50.0 Å². The Kier molecular flexibility index (Phi) is 3.97. The van der Waals surface area contributed by atoms with E-state index in [2.05, 4.69) is 30.5 Å². The van der Waals surface area contributed by atoms with Crippen LogP contribution >= 0.6 is 11.3 Å². The zero-order valence-electron chi connectivity index (χ0n) is 15.6. The molecule has 1 atom stereocenters. The van der Waals surface area contributed by atoms with E-state index in [1.807, 2.05) is 20.2 Å². The third-order valence-electron chi connectivity index (χ3n) is 5.21. The van der Waals surface area contributed by atoms with Crippen molar-refractivity contribution in [3.8, 4) is 0 Å². The number of nitrogens with one attached hydrogen (secondary N) is 2. The SMILES string of the molecule is CN(C)C(=O)[C@H]1CCc2c(sc3ncnc(Nc4cc5cn[nH]c5cn4)c23)C1. The molecule has 0 aliphatic heterocycles. The minimum Gasteiger partial charge on any atom is -0.349 e. The van der Waals surface area contributed by atoms with Gasteiger partial charge in [-0.2, -0.15) is 5.10 Å². The van der Waals surface area contributed by atoms with Gasteiger partial charge in [0.1, 0.15) is 22.8 Å². The highest BCUT2D eigenvalue weighted by atomic mass is 32.1. The van der Waals surface area contributed by atoms with Crippen LogP contribution < -0.4 is 5.32 Å². The maximum absolute atomic E-state index is 12.4. The summed E-state index contributed by atoms with van der Waals surface area (Å²) in [5, 5.41) is 12.3. The quantitative estimate of drug-likeness (QED) is 0.555. The van der Waals surface area contributed by atoms with E-state index < -0.39 is 0 Å². The van der Waals surface area contributed by atoms with E-state index in [-0.39, 0.29) is 11.8 Å². The molecule has 0 radical (unpaired) electrons. The van der Waals surface area contributed by atoms with E-state index in [9.17, 15) is 4.79 Å². The molecule has 1 aliphatic rings. The summed E-state index contributed by atoms with van der Waals surface area (Å²) in [5.41, 5.74) is 2.15. The van der Waals surface area contributed by atoms with Gasteiger partial charge < -0.3 is 10.2 Å².